The van der Waals surface area contributed by atoms with Crippen molar-refractivity contribution < 1.29 is 27.1 Å². The molecule has 0 aliphatic carbocycles. The van der Waals surface area contributed by atoms with Gasteiger partial charge in [0.15, 0.2) is 0 Å². The van der Waals surface area contributed by atoms with Gasteiger partial charge in [0.05, 0.1) is 7.11 Å². The van der Waals surface area contributed by atoms with E-state index in [1.165, 1.54) is 25.3 Å². The van der Waals surface area contributed by atoms with Crippen molar-refractivity contribution in [2.45, 2.75) is 6.18 Å². The van der Waals surface area contributed by atoms with Crippen LogP contribution < -0.4 is 4.74 Å². The number of aromatic nitrogens is 1. The van der Waals surface area contributed by atoms with Crippen LogP contribution in [0.2, 0.25) is 0 Å². The van der Waals surface area contributed by atoms with Crippen LogP contribution in [-0.2, 0) is 0 Å². The molecule has 0 atom stereocenters. The van der Waals surface area contributed by atoms with E-state index in [1.807, 2.05) is 0 Å². The Morgan fingerprint density at radius 1 is 1.23 bits per heavy atom. The van der Waals surface area contributed by atoms with Crippen LogP contribution in [0.4, 0.5) is 17.6 Å². The molecule has 3 nitrogen and oxygen atoms in total. The Balaban J connectivity index is 2.58. The number of ether oxygens (including phenoxy) is 1. The maximum absolute atomic E-state index is 13.3. The van der Waals surface area contributed by atoms with E-state index in [1.54, 1.807) is 22.6 Å². The molecule has 8 heteroatoms. The largest absolute Gasteiger partial charge is 0.494 e. The minimum Gasteiger partial charge on any atom is -0.494 e. The highest BCUT2D eigenvalue weighted by molar-refractivity contribution is 14.1. The molecule has 0 unspecified atom stereocenters. The van der Waals surface area contributed by atoms with E-state index in [-0.39, 0.29) is 15.0 Å². The summed E-state index contributed by atoms with van der Waals surface area (Å²) in [5.74, 6) is -2.33. The monoisotopic (exact) mass is 425 g/mol. The van der Waals surface area contributed by atoms with Crippen LogP contribution in [0.15, 0.2) is 30.3 Å². The summed E-state index contributed by atoms with van der Waals surface area (Å²) in [5, 5.41) is 0. The Morgan fingerprint density at radius 3 is 2.45 bits per heavy atom. The molecule has 1 heterocycles. The van der Waals surface area contributed by atoms with Gasteiger partial charge < -0.3 is 4.74 Å². The standard InChI is InChI=1S/C14H8F4INO2/c1-22-11-5-4-10(13(21)14(16,17)18)20-12(11)7-2-3-8(15)9(19)6-7/h2-6H,1H3. The van der Waals surface area contributed by atoms with E-state index in [0.29, 0.717) is 5.56 Å². The van der Waals surface area contributed by atoms with Crippen LogP contribution in [0.25, 0.3) is 11.3 Å². The second-order valence-electron chi connectivity index (χ2n) is 4.20. The Kier molecular flexibility index (Phi) is 4.69. The van der Waals surface area contributed by atoms with Crippen LogP contribution in [0.5, 0.6) is 5.75 Å². The van der Waals surface area contributed by atoms with E-state index in [4.69, 9.17) is 4.74 Å². The van der Waals surface area contributed by atoms with Crippen LogP contribution in [-0.4, -0.2) is 24.1 Å². The highest BCUT2D eigenvalue weighted by Gasteiger charge is 2.40. The summed E-state index contributed by atoms with van der Waals surface area (Å²) >= 11 is 1.74. The molecule has 1 aromatic carbocycles. The van der Waals surface area contributed by atoms with E-state index in [2.05, 4.69) is 4.98 Å². The van der Waals surface area contributed by atoms with Gasteiger partial charge in [-0.15, -0.1) is 0 Å². The van der Waals surface area contributed by atoms with Crippen molar-refractivity contribution >= 4 is 28.4 Å². The quantitative estimate of drug-likeness (QED) is 0.420. The van der Waals surface area contributed by atoms with E-state index in [0.717, 1.165) is 12.1 Å². The number of carbonyl (C=O) groups excluding carboxylic acids is 1. The number of ketones is 1. The summed E-state index contributed by atoms with van der Waals surface area (Å²) < 4.78 is 56.1. The highest BCUT2D eigenvalue weighted by Crippen LogP contribution is 2.31. The van der Waals surface area contributed by atoms with Crippen molar-refractivity contribution in [1.29, 1.82) is 0 Å². The third-order valence-corrected chi connectivity index (χ3v) is 3.59. The minimum atomic E-state index is -5.02. The second kappa shape index (κ2) is 6.19. The van der Waals surface area contributed by atoms with Crippen molar-refractivity contribution in [3.8, 4) is 17.0 Å². The molecule has 0 aliphatic heterocycles. The fourth-order valence-electron chi connectivity index (χ4n) is 1.73. The molecule has 116 valence electrons. The average Bonchev–Trinajstić information content (AvgIpc) is 2.47. The number of nitrogens with zero attached hydrogens (tertiary/aromatic N) is 1. The summed E-state index contributed by atoms with van der Waals surface area (Å²) in [7, 11) is 1.32. The summed E-state index contributed by atoms with van der Waals surface area (Å²) in [6.45, 7) is 0. The van der Waals surface area contributed by atoms with Gasteiger partial charge in [-0.1, -0.05) is 0 Å². The molecular formula is C14H8F4INO2. The number of halogens is 5. The molecule has 0 bridgehead atoms. The second-order valence-corrected chi connectivity index (χ2v) is 5.37. The molecule has 2 rings (SSSR count). The Labute approximate surface area is 136 Å². The van der Waals surface area contributed by atoms with Crippen LogP contribution in [0.1, 0.15) is 10.5 Å². The topological polar surface area (TPSA) is 39.2 Å². The molecule has 1 aromatic heterocycles. The lowest BCUT2D eigenvalue weighted by atomic mass is 10.1. The average molecular weight is 425 g/mol. The number of carbonyl (C=O) groups is 1. The molecule has 0 radical (unpaired) electrons. The first-order valence-electron chi connectivity index (χ1n) is 5.86. The molecule has 22 heavy (non-hydrogen) atoms. The fourth-order valence-corrected chi connectivity index (χ4v) is 2.25. The third kappa shape index (κ3) is 3.37. The van der Waals surface area contributed by atoms with Gasteiger partial charge in [-0.05, 0) is 52.9 Å². The smallest absolute Gasteiger partial charge is 0.456 e. The van der Waals surface area contributed by atoms with Crippen molar-refractivity contribution in [3.05, 3.63) is 45.4 Å². The number of benzene rings is 1. The normalized spacial score (nSPS) is 11.4. The highest BCUT2D eigenvalue weighted by atomic mass is 127. The molecule has 0 fully saturated rings. The molecular weight excluding hydrogens is 417 g/mol. The lowest BCUT2D eigenvalue weighted by molar-refractivity contribution is -0.0888. The Morgan fingerprint density at radius 2 is 1.91 bits per heavy atom. The zero-order valence-corrected chi connectivity index (χ0v) is 13.2. The van der Waals surface area contributed by atoms with Gasteiger partial charge in [-0.2, -0.15) is 13.2 Å². The maximum atomic E-state index is 13.3. The van der Waals surface area contributed by atoms with E-state index >= 15 is 0 Å². The third-order valence-electron chi connectivity index (χ3n) is 2.76. The van der Waals surface area contributed by atoms with Gasteiger partial charge in [0.25, 0.3) is 5.78 Å². The van der Waals surface area contributed by atoms with Crippen molar-refractivity contribution in [2.24, 2.45) is 0 Å². The number of pyridine rings is 1. The fraction of sp³-hybridized carbons (Fsp3) is 0.143. The molecule has 0 amide bonds. The van der Waals surface area contributed by atoms with E-state index < -0.39 is 23.5 Å². The number of Topliss-reactive ketones (excluding diaryl/α,β-unsaturated/α-hetero) is 1. The zero-order valence-electron chi connectivity index (χ0n) is 11.0. The first-order valence-corrected chi connectivity index (χ1v) is 6.94. The van der Waals surface area contributed by atoms with Gasteiger partial charge in [0, 0.05) is 9.13 Å². The van der Waals surface area contributed by atoms with Crippen LogP contribution >= 0.6 is 22.6 Å². The molecule has 0 spiro atoms. The number of rotatable bonds is 3. The maximum Gasteiger partial charge on any atom is 0.456 e. The minimum absolute atomic E-state index is 0.0375. The number of hydrogen-bond acceptors (Lipinski definition) is 3. The van der Waals surface area contributed by atoms with Crippen molar-refractivity contribution in [1.82, 2.24) is 4.98 Å². The molecule has 0 aliphatic rings. The predicted molar refractivity (Wildman–Crippen MR) is 79.3 cm³/mol. The first kappa shape index (κ1) is 16.7. The van der Waals surface area contributed by atoms with Crippen molar-refractivity contribution in [3.63, 3.8) is 0 Å². The Hall–Kier alpha value is -1.71. The SMILES string of the molecule is COc1ccc(C(=O)C(F)(F)F)nc1-c1ccc(F)c(I)c1. The van der Waals surface area contributed by atoms with Gasteiger partial charge >= 0.3 is 6.18 Å². The first-order chi connectivity index (χ1) is 10.2. The number of hydrogen-bond donors (Lipinski definition) is 0. The molecule has 0 N–H and O–H groups in total. The lowest BCUT2D eigenvalue weighted by Gasteiger charge is -2.11. The van der Waals surface area contributed by atoms with Gasteiger partial charge in [-0.25, -0.2) is 9.37 Å². The lowest BCUT2D eigenvalue weighted by Crippen LogP contribution is -2.24. The van der Waals surface area contributed by atoms with Crippen LogP contribution in [0, 0.1) is 9.39 Å². The summed E-state index contributed by atoms with van der Waals surface area (Å²) in [6, 6.07) is 6.08. The predicted octanol–water partition coefficient (Wildman–Crippen LogP) is 4.25. The summed E-state index contributed by atoms with van der Waals surface area (Å²) in [5.41, 5.74) is -0.363. The number of methoxy groups -OCH3 is 1. The van der Waals surface area contributed by atoms with Gasteiger partial charge in [-0.3, -0.25) is 4.79 Å². The van der Waals surface area contributed by atoms with Gasteiger partial charge in [0.1, 0.15) is 23.0 Å². The molecule has 0 saturated carbocycles. The van der Waals surface area contributed by atoms with Crippen molar-refractivity contribution in [2.75, 3.05) is 7.11 Å². The molecule has 0 saturated heterocycles. The Bertz CT molecular complexity index is 731. The van der Waals surface area contributed by atoms with E-state index in [9.17, 15) is 22.4 Å². The van der Waals surface area contributed by atoms with Gasteiger partial charge in [0.2, 0.25) is 0 Å². The summed E-state index contributed by atoms with van der Waals surface area (Å²) in [4.78, 5) is 15.0. The summed E-state index contributed by atoms with van der Waals surface area (Å²) in [6.07, 6.45) is -5.02. The van der Waals surface area contributed by atoms with Crippen LogP contribution in [0.3, 0.4) is 0 Å². The number of alkyl halides is 3. The molecule has 2 aromatic rings. The zero-order chi connectivity index (χ0) is 16.5.